The van der Waals surface area contributed by atoms with Crippen molar-refractivity contribution in [2.45, 2.75) is 38.3 Å². The highest BCUT2D eigenvalue weighted by molar-refractivity contribution is 6.07. The summed E-state index contributed by atoms with van der Waals surface area (Å²) in [4.78, 5) is 24.3. The average molecular weight is 277 g/mol. The molecule has 1 heterocycles. The summed E-state index contributed by atoms with van der Waals surface area (Å²) in [5, 5.41) is 10.9. The molecule has 5 nitrogen and oxygen atoms in total. The van der Waals surface area contributed by atoms with Gasteiger partial charge in [0.1, 0.15) is 5.41 Å². The fraction of sp³-hybridized carbons (Fsp3) is 0.467. The molecule has 1 aromatic rings. The second-order valence-corrected chi connectivity index (χ2v) is 5.58. The minimum Gasteiger partial charge on any atom is -0.390 e. The Hall–Kier alpha value is -1.72. The maximum Gasteiger partial charge on any atom is 0.347 e. The van der Waals surface area contributed by atoms with E-state index >= 15 is 0 Å². The van der Waals surface area contributed by atoms with Crippen molar-refractivity contribution in [3.8, 4) is 0 Å². The number of nitrogens with two attached hydrogens (primary N) is 1. The van der Waals surface area contributed by atoms with Crippen LogP contribution in [-0.4, -0.2) is 22.6 Å². The quantitative estimate of drug-likeness (QED) is 0.632. The minimum atomic E-state index is -1.89. The zero-order valence-corrected chi connectivity index (χ0v) is 11.8. The molecule has 0 aliphatic carbocycles. The van der Waals surface area contributed by atoms with E-state index in [-0.39, 0.29) is 6.54 Å². The molecular formula is C15H19NO4. The third kappa shape index (κ3) is 1.63. The number of cyclic esters (lactones) is 2. The topological polar surface area (TPSA) is 89.6 Å². The van der Waals surface area contributed by atoms with E-state index in [1.54, 1.807) is 38.1 Å². The summed E-state index contributed by atoms with van der Waals surface area (Å²) in [6.07, 6.45) is 0. The van der Waals surface area contributed by atoms with Gasteiger partial charge >= 0.3 is 11.9 Å². The number of benzene rings is 1. The van der Waals surface area contributed by atoms with Crippen LogP contribution in [0.25, 0.3) is 0 Å². The standard InChI is InChI=1S/C15H19NO4/c1-9(2)15(19)13(18)20-12(17)14(15,3)11-7-5-4-6-10(11)8-16/h4-7,9,19H,8,16H2,1-3H3. The molecule has 108 valence electrons. The Kier molecular flexibility index (Phi) is 3.44. The van der Waals surface area contributed by atoms with Crippen LogP contribution in [0, 0.1) is 5.92 Å². The van der Waals surface area contributed by atoms with Gasteiger partial charge in [-0.1, -0.05) is 38.1 Å². The summed E-state index contributed by atoms with van der Waals surface area (Å²) in [5.41, 5.74) is 3.61. The van der Waals surface area contributed by atoms with E-state index in [0.29, 0.717) is 11.1 Å². The number of aliphatic hydroxyl groups is 1. The van der Waals surface area contributed by atoms with Crippen LogP contribution in [0.2, 0.25) is 0 Å². The monoisotopic (exact) mass is 277 g/mol. The van der Waals surface area contributed by atoms with Crippen molar-refractivity contribution >= 4 is 11.9 Å². The Bertz CT molecular complexity index is 569. The highest BCUT2D eigenvalue weighted by Gasteiger charge is 2.68. The lowest BCUT2D eigenvalue weighted by Crippen LogP contribution is -2.56. The lowest BCUT2D eigenvalue weighted by molar-refractivity contribution is -0.161. The lowest BCUT2D eigenvalue weighted by Gasteiger charge is -2.37. The number of hydrogen-bond donors (Lipinski definition) is 2. The van der Waals surface area contributed by atoms with Crippen LogP contribution in [0.4, 0.5) is 0 Å². The molecule has 1 aromatic carbocycles. The van der Waals surface area contributed by atoms with E-state index in [9.17, 15) is 14.7 Å². The van der Waals surface area contributed by atoms with Crippen LogP contribution in [0.3, 0.4) is 0 Å². The third-order valence-corrected chi connectivity index (χ3v) is 4.28. The largest absolute Gasteiger partial charge is 0.390 e. The van der Waals surface area contributed by atoms with Gasteiger partial charge in [-0.05, 0) is 24.0 Å². The molecule has 0 amide bonds. The molecule has 5 heteroatoms. The second kappa shape index (κ2) is 4.68. The molecule has 1 aliphatic heterocycles. The summed E-state index contributed by atoms with van der Waals surface area (Å²) >= 11 is 0. The number of hydrogen-bond acceptors (Lipinski definition) is 5. The Morgan fingerprint density at radius 2 is 1.85 bits per heavy atom. The van der Waals surface area contributed by atoms with E-state index in [0.717, 1.165) is 0 Å². The Balaban J connectivity index is 2.73. The lowest BCUT2D eigenvalue weighted by atomic mass is 9.64. The number of carbonyl (C=O) groups is 2. The first-order valence-corrected chi connectivity index (χ1v) is 6.57. The normalized spacial score (nSPS) is 29.9. The van der Waals surface area contributed by atoms with Crippen LogP contribution in [0.5, 0.6) is 0 Å². The molecular weight excluding hydrogens is 258 g/mol. The van der Waals surface area contributed by atoms with Gasteiger partial charge in [-0.15, -0.1) is 0 Å². The van der Waals surface area contributed by atoms with E-state index in [1.165, 1.54) is 6.92 Å². The zero-order valence-electron chi connectivity index (χ0n) is 11.8. The Labute approximate surface area is 117 Å². The Morgan fingerprint density at radius 3 is 2.40 bits per heavy atom. The van der Waals surface area contributed by atoms with Gasteiger partial charge in [-0.2, -0.15) is 0 Å². The predicted octanol–water partition coefficient (Wildman–Crippen LogP) is 0.873. The molecule has 0 spiro atoms. The Morgan fingerprint density at radius 1 is 1.25 bits per heavy atom. The fourth-order valence-electron chi connectivity index (χ4n) is 2.94. The van der Waals surface area contributed by atoms with Gasteiger partial charge in [0.05, 0.1) is 0 Å². The molecule has 2 unspecified atom stereocenters. The number of esters is 2. The first-order valence-electron chi connectivity index (χ1n) is 6.57. The highest BCUT2D eigenvalue weighted by atomic mass is 16.6. The van der Waals surface area contributed by atoms with Crippen molar-refractivity contribution in [1.82, 2.24) is 0 Å². The SMILES string of the molecule is CC(C)C1(O)C(=O)OC(=O)C1(C)c1ccccc1CN. The molecule has 1 fully saturated rings. The maximum atomic E-state index is 12.3. The molecule has 0 bridgehead atoms. The highest BCUT2D eigenvalue weighted by Crippen LogP contribution is 2.47. The molecule has 3 N–H and O–H groups in total. The van der Waals surface area contributed by atoms with Crippen molar-refractivity contribution in [1.29, 1.82) is 0 Å². The molecule has 2 rings (SSSR count). The second-order valence-electron chi connectivity index (χ2n) is 5.58. The van der Waals surface area contributed by atoms with Crippen LogP contribution >= 0.6 is 0 Å². The van der Waals surface area contributed by atoms with Gasteiger partial charge in [0, 0.05) is 6.54 Å². The van der Waals surface area contributed by atoms with Gasteiger partial charge in [0.2, 0.25) is 0 Å². The van der Waals surface area contributed by atoms with E-state index in [4.69, 9.17) is 10.5 Å². The first-order chi connectivity index (χ1) is 9.30. The van der Waals surface area contributed by atoms with Gasteiger partial charge in [-0.25, -0.2) is 4.79 Å². The summed E-state index contributed by atoms with van der Waals surface area (Å²) in [6.45, 7) is 5.11. The van der Waals surface area contributed by atoms with Crippen molar-refractivity contribution in [2.24, 2.45) is 11.7 Å². The molecule has 0 saturated carbocycles. The van der Waals surface area contributed by atoms with Crippen molar-refractivity contribution in [3.05, 3.63) is 35.4 Å². The number of ether oxygens (including phenoxy) is 1. The number of rotatable bonds is 3. The van der Waals surface area contributed by atoms with Crippen LogP contribution in [-0.2, 0) is 26.3 Å². The van der Waals surface area contributed by atoms with Crippen molar-refractivity contribution in [3.63, 3.8) is 0 Å². The van der Waals surface area contributed by atoms with Gasteiger partial charge < -0.3 is 15.6 Å². The zero-order chi connectivity index (χ0) is 15.1. The van der Waals surface area contributed by atoms with Crippen LogP contribution in [0.15, 0.2) is 24.3 Å². The first kappa shape index (κ1) is 14.7. The van der Waals surface area contributed by atoms with Crippen LogP contribution in [0.1, 0.15) is 31.9 Å². The molecule has 0 radical (unpaired) electrons. The summed E-state index contributed by atoms with van der Waals surface area (Å²) in [5.74, 6) is -2.11. The maximum absolute atomic E-state index is 12.3. The number of carbonyl (C=O) groups excluding carboxylic acids is 2. The van der Waals surface area contributed by atoms with Crippen LogP contribution < -0.4 is 5.73 Å². The van der Waals surface area contributed by atoms with E-state index in [1.807, 2.05) is 0 Å². The predicted molar refractivity (Wildman–Crippen MR) is 72.6 cm³/mol. The van der Waals surface area contributed by atoms with Gasteiger partial charge in [0.25, 0.3) is 0 Å². The molecule has 1 saturated heterocycles. The molecule has 0 aromatic heterocycles. The van der Waals surface area contributed by atoms with Crippen molar-refractivity contribution < 1.29 is 19.4 Å². The van der Waals surface area contributed by atoms with Gasteiger partial charge in [-0.3, -0.25) is 4.79 Å². The van der Waals surface area contributed by atoms with Crippen molar-refractivity contribution in [2.75, 3.05) is 0 Å². The smallest absolute Gasteiger partial charge is 0.347 e. The van der Waals surface area contributed by atoms with Gasteiger partial charge in [0.15, 0.2) is 5.60 Å². The molecule has 20 heavy (non-hydrogen) atoms. The molecule has 2 atom stereocenters. The summed E-state index contributed by atoms with van der Waals surface area (Å²) in [6, 6.07) is 7.02. The minimum absolute atomic E-state index is 0.210. The fourth-order valence-corrected chi connectivity index (χ4v) is 2.94. The summed E-state index contributed by atoms with van der Waals surface area (Å²) in [7, 11) is 0. The summed E-state index contributed by atoms with van der Waals surface area (Å²) < 4.78 is 4.74. The average Bonchev–Trinajstić information content (AvgIpc) is 2.61. The third-order valence-electron chi connectivity index (χ3n) is 4.28. The van der Waals surface area contributed by atoms with E-state index in [2.05, 4.69) is 0 Å². The molecule has 1 aliphatic rings. The van der Waals surface area contributed by atoms with E-state index < -0.39 is 28.9 Å².